The number of hydrogen-bond acceptors (Lipinski definition) is 14. The van der Waals surface area contributed by atoms with Crippen molar-refractivity contribution in [2.75, 3.05) is 76.6 Å². The summed E-state index contributed by atoms with van der Waals surface area (Å²) in [5.41, 5.74) is 7.33. The molecule has 0 saturated carbocycles. The first-order valence-electron chi connectivity index (χ1n) is 31.4. The average Bonchev–Trinajstić information content (AvgIpc) is 0.820. The van der Waals surface area contributed by atoms with E-state index in [0.29, 0.717) is 90.0 Å². The number of para-hydroxylation sites is 4. The third-order valence-corrected chi connectivity index (χ3v) is 16.7. The van der Waals surface area contributed by atoms with Crippen LogP contribution in [0.25, 0.3) is 0 Å². The molecule has 8 N–H and O–H groups in total. The summed E-state index contributed by atoms with van der Waals surface area (Å²) >= 11 is 0. The van der Waals surface area contributed by atoms with Gasteiger partial charge in [-0.25, -0.2) is 0 Å². The van der Waals surface area contributed by atoms with Gasteiger partial charge in [-0.15, -0.1) is 0 Å². The molecule has 0 aliphatic carbocycles. The zero-order valence-corrected chi connectivity index (χ0v) is 56.1. The number of rotatable bonds is 2. The molecule has 0 fully saturated rings. The highest BCUT2D eigenvalue weighted by Gasteiger charge is 2.30. The monoisotopic (exact) mass is 1310 g/mol. The van der Waals surface area contributed by atoms with Crippen molar-refractivity contribution in [2.24, 2.45) is 0 Å². The van der Waals surface area contributed by atoms with Crippen LogP contribution in [-0.2, 0) is 9.47 Å². The maximum Gasteiger partial charge on any atom is 0.259 e. The summed E-state index contributed by atoms with van der Waals surface area (Å²) in [4.78, 5) is 117. The first-order valence-corrected chi connectivity index (χ1v) is 31.4. The maximum atomic E-state index is 14.9. The van der Waals surface area contributed by atoms with Crippen LogP contribution in [0.3, 0.4) is 0 Å². The van der Waals surface area contributed by atoms with E-state index in [2.05, 4.69) is 42.5 Å². The maximum absolute atomic E-state index is 14.9. The molecule has 2 aliphatic heterocycles. The number of carbonyl (C=O) groups excluding carboxylic acids is 8. The molecule has 0 saturated heterocycles. The molecule has 0 spiro atoms. The molecular weight excluding hydrogens is 1240 g/mol. The lowest BCUT2D eigenvalue weighted by Crippen LogP contribution is -2.29. The fraction of sp³-hybridized carbons (Fsp3) is 0.253. The molecule has 97 heavy (non-hydrogen) atoms. The minimum atomic E-state index is -0.815. The molecule has 0 aromatic heterocycles. The molecule has 2 heterocycles. The summed E-state index contributed by atoms with van der Waals surface area (Å²) in [7, 11) is 2.67. The van der Waals surface area contributed by atoms with Crippen LogP contribution in [0.15, 0.2) is 121 Å². The normalized spacial score (nSPS) is 16.8. The number of carbonyl (C=O) groups is 8. The smallest absolute Gasteiger partial charge is 0.259 e. The van der Waals surface area contributed by atoms with Crippen molar-refractivity contribution in [3.63, 3.8) is 0 Å². The van der Waals surface area contributed by atoms with Crippen molar-refractivity contribution < 1.29 is 66.8 Å². The van der Waals surface area contributed by atoms with Gasteiger partial charge in [0, 0.05) is 45.5 Å². The van der Waals surface area contributed by atoms with Crippen LogP contribution >= 0.6 is 0 Å². The predicted molar refractivity (Wildman–Crippen MR) is 373 cm³/mol. The lowest BCUT2D eigenvalue weighted by molar-refractivity contribution is -0.0570. The van der Waals surface area contributed by atoms with Gasteiger partial charge >= 0.3 is 0 Å². The summed E-state index contributed by atoms with van der Waals surface area (Å²) in [5, 5.41) is 23.6. The molecule has 14 bridgehead atoms. The molecule has 10 rings (SSSR count). The number of nitrogens with one attached hydrogen (secondary N) is 8. The van der Waals surface area contributed by atoms with Crippen molar-refractivity contribution in [2.45, 2.75) is 94.5 Å². The van der Waals surface area contributed by atoms with Gasteiger partial charge in [0.05, 0.1) is 84.1 Å². The number of amides is 8. The van der Waals surface area contributed by atoms with E-state index in [9.17, 15) is 38.4 Å². The third-order valence-electron chi connectivity index (χ3n) is 16.7. The standard InChI is InChI=1S/C75H76N8O14/c1-37-26-41(5)60-30-56(37)76-68(84)48-18-14-20-50(64(48)92-12)70(86)78-58-32-62(43(7)28-39(58)3)82-74(90)54-24-17-25-55-67(54)97-47(11)36-95-45(9)34-94-46(10)35-96-66-52(72(88)80-60)22-16-23-53(66)73(89)81-61-31-57(38(2)27-42(61)6)77-69(85)49-19-15-21-51(65(49)93-13)71(87)79-59-33-63(83-75(55)91)44(8)29-40(59)4/h14-33,45-47H,34-36H2,1-13H3,(H,76,84)(H,77,85)(H,78,86)(H,79,87)(H,80,88)(H,81,89)(H,82,90)(H,83,91). The van der Waals surface area contributed by atoms with Gasteiger partial charge < -0.3 is 71.0 Å². The molecule has 3 unspecified atom stereocenters. The Balaban J connectivity index is 1.12. The van der Waals surface area contributed by atoms with Crippen LogP contribution in [0.4, 0.5) is 45.5 Å². The molecule has 500 valence electrons. The van der Waals surface area contributed by atoms with Gasteiger partial charge in [-0.05, 0) is 193 Å². The van der Waals surface area contributed by atoms with Crippen LogP contribution in [0.2, 0.25) is 0 Å². The minimum Gasteiger partial charge on any atom is -0.495 e. The Morgan fingerprint density at radius 2 is 0.515 bits per heavy atom. The average molecular weight is 1310 g/mol. The van der Waals surface area contributed by atoms with Crippen molar-refractivity contribution in [1.82, 2.24) is 0 Å². The summed E-state index contributed by atoms with van der Waals surface area (Å²) in [6.45, 7) is 19.3. The SMILES string of the molecule is COc1c2cccc1C(=O)Nc1cc(c(C)cc1C)NC(=O)c1cccc3c1OC(C)COC(C)COC(C)COc1c(cccc1C(=O)Nc1cc(c(C)cc1C)NC(=O)c1cccc(c1OC)C(=O)Nc1cc(c(C)cc1C)NC3=O)C(=O)Nc1cc(c(C)cc1C)NC2=O. The lowest BCUT2D eigenvalue weighted by Gasteiger charge is -2.23. The predicted octanol–water partition coefficient (Wildman–Crippen LogP) is 13.5. The number of fused-ring (bicyclic) bond motifs is 21. The Morgan fingerprint density at radius 1 is 0.299 bits per heavy atom. The number of anilines is 8. The molecule has 8 aromatic rings. The molecule has 8 amide bonds. The number of methoxy groups -OCH3 is 2. The van der Waals surface area contributed by atoms with E-state index in [1.54, 1.807) is 125 Å². The van der Waals surface area contributed by atoms with Crippen LogP contribution in [-0.4, -0.2) is 99.6 Å². The second-order valence-electron chi connectivity index (χ2n) is 24.2. The number of benzene rings is 8. The highest BCUT2D eigenvalue weighted by Crippen LogP contribution is 2.37. The van der Waals surface area contributed by atoms with Crippen molar-refractivity contribution in [3.8, 4) is 23.0 Å². The molecular formula is C75H76N8O14. The topological polar surface area (TPSA) is 288 Å². The van der Waals surface area contributed by atoms with Crippen LogP contribution in [0.5, 0.6) is 23.0 Å². The molecule has 2 aliphatic rings. The number of aryl methyl sites for hydroxylation is 8. The van der Waals surface area contributed by atoms with E-state index in [1.165, 1.54) is 87.0 Å². The van der Waals surface area contributed by atoms with E-state index in [4.69, 9.17) is 28.4 Å². The van der Waals surface area contributed by atoms with E-state index < -0.39 is 65.6 Å². The highest BCUT2D eigenvalue weighted by atomic mass is 16.6. The van der Waals surface area contributed by atoms with Crippen molar-refractivity contribution in [3.05, 3.63) is 210 Å². The van der Waals surface area contributed by atoms with E-state index in [-0.39, 0.29) is 87.3 Å². The van der Waals surface area contributed by atoms with Crippen LogP contribution in [0.1, 0.15) is 148 Å². The Labute approximate surface area is 561 Å². The second kappa shape index (κ2) is 29.1. The van der Waals surface area contributed by atoms with Crippen molar-refractivity contribution in [1.29, 1.82) is 0 Å². The number of hydrogen-bond donors (Lipinski definition) is 8. The largest absolute Gasteiger partial charge is 0.495 e. The van der Waals surface area contributed by atoms with Gasteiger partial charge in [0.15, 0.2) is 0 Å². The van der Waals surface area contributed by atoms with E-state index >= 15 is 0 Å². The first kappa shape index (κ1) is 68.5. The Bertz CT molecular complexity index is 4280. The fourth-order valence-corrected chi connectivity index (χ4v) is 11.4. The zero-order chi connectivity index (χ0) is 69.7. The van der Waals surface area contributed by atoms with Crippen LogP contribution < -0.4 is 61.5 Å². The van der Waals surface area contributed by atoms with Gasteiger partial charge in [0.2, 0.25) is 0 Å². The molecule has 22 heteroatoms. The zero-order valence-electron chi connectivity index (χ0n) is 56.1. The fourth-order valence-electron chi connectivity index (χ4n) is 11.4. The van der Waals surface area contributed by atoms with Gasteiger partial charge in [0.1, 0.15) is 35.7 Å². The van der Waals surface area contributed by atoms with E-state index in [0.717, 1.165) is 0 Å². The molecule has 0 radical (unpaired) electrons. The third kappa shape index (κ3) is 15.1. The summed E-state index contributed by atoms with van der Waals surface area (Å²) in [5.74, 6) is -5.57. The summed E-state index contributed by atoms with van der Waals surface area (Å²) in [6, 6.07) is 31.7. The van der Waals surface area contributed by atoms with Crippen LogP contribution in [0, 0.1) is 55.4 Å². The number of ether oxygens (including phenoxy) is 6. The molecule has 22 nitrogen and oxygen atoms in total. The van der Waals surface area contributed by atoms with Gasteiger partial charge in [-0.1, -0.05) is 48.5 Å². The molecule has 3 atom stereocenters. The molecule has 8 aromatic carbocycles. The summed E-state index contributed by atoms with van der Waals surface area (Å²) in [6.07, 6.45) is -2.06. The second-order valence-corrected chi connectivity index (χ2v) is 24.2. The van der Waals surface area contributed by atoms with Gasteiger partial charge in [-0.3, -0.25) is 38.4 Å². The summed E-state index contributed by atoms with van der Waals surface area (Å²) < 4.78 is 37.2. The van der Waals surface area contributed by atoms with Gasteiger partial charge in [-0.2, -0.15) is 0 Å². The minimum absolute atomic E-state index is 0.00829. The van der Waals surface area contributed by atoms with E-state index in [1.807, 2.05) is 0 Å². The Morgan fingerprint density at radius 3 is 0.773 bits per heavy atom. The highest BCUT2D eigenvalue weighted by molar-refractivity contribution is 6.17. The Hall–Kier alpha value is -11.4. The van der Waals surface area contributed by atoms with Gasteiger partial charge in [0.25, 0.3) is 47.3 Å². The Kier molecular flexibility index (Phi) is 20.6. The van der Waals surface area contributed by atoms with Crippen molar-refractivity contribution >= 4 is 92.8 Å². The quantitative estimate of drug-likeness (QED) is 0.0747. The lowest BCUT2D eigenvalue weighted by atomic mass is 10.0. The first-order chi connectivity index (χ1) is 46.3.